The second-order valence-electron chi connectivity index (χ2n) is 10.8. The van der Waals surface area contributed by atoms with Crippen molar-refractivity contribution < 1.29 is 26.7 Å². The van der Waals surface area contributed by atoms with Crippen LogP contribution < -0.4 is 16.4 Å². The van der Waals surface area contributed by atoms with Crippen molar-refractivity contribution in [3.63, 3.8) is 0 Å². The quantitative estimate of drug-likeness (QED) is 0.443. The zero-order chi connectivity index (χ0) is 29.8. The van der Waals surface area contributed by atoms with Gasteiger partial charge in [0.2, 0.25) is 0 Å². The van der Waals surface area contributed by atoms with Crippen molar-refractivity contribution in [2.24, 2.45) is 11.8 Å². The maximum Gasteiger partial charge on any atom is 0.329 e. The molecule has 1 aromatic heterocycles. The van der Waals surface area contributed by atoms with Gasteiger partial charge in [-0.1, -0.05) is 32.1 Å². The lowest BCUT2D eigenvalue weighted by Crippen LogP contribution is -2.37. The molecule has 0 spiro atoms. The molecule has 3 rings (SSSR count). The molecule has 220 valence electrons. The molecule has 0 bridgehead atoms. The van der Waals surface area contributed by atoms with Crippen molar-refractivity contribution in [3.8, 4) is 0 Å². The Labute approximate surface area is 236 Å². The highest BCUT2D eigenvalue weighted by Gasteiger charge is 2.32. The number of hydrogen-bond acceptors (Lipinski definition) is 6. The topological polar surface area (TPSA) is 133 Å². The monoisotopic (exact) mass is 592 g/mol. The highest BCUT2D eigenvalue weighted by molar-refractivity contribution is 7.92. The third-order valence-electron chi connectivity index (χ3n) is 7.91. The fourth-order valence-electron chi connectivity index (χ4n) is 5.46. The highest BCUT2D eigenvalue weighted by Crippen LogP contribution is 2.35. The number of imidazole rings is 1. The number of sulfone groups is 2. The Kier molecular flexibility index (Phi) is 10.1. The molecule has 3 atom stereocenters. The van der Waals surface area contributed by atoms with Crippen molar-refractivity contribution in [2.75, 3.05) is 12.0 Å². The lowest BCUT2D eigenvalue weighted by molar-refractivity contribution is -0.137. The molecule has 1 aliphatic carbocycles. The number of carboxylic acid groups (broad SMARTS) is 1. The average molecular weight is 593 g/mol. The van der Waals surface area contributed by atoms with Crippen LogP contribution >= 0.6 is 0 Å². The predicted molar refractivity (Wildman–Crippen MR) is 156 cm³/mol. The van der Waals surface area contributed by atoms with Crippen LogP contribution in [-0.2, 0) is 31.0 Å². The minimum Gasteiger partial charge on any atom is -0.480 e. The molecule has 1 fully saturated rings. The Balaban J connectivity index is 2.02. The largest absolute Gasteiger partial charge is 0.480 e. The highest BCUT2D eigenvalue weighted by atomic mass is 32.2. The Morgan fingerprint density at radius 2 is 1.75 bits per heavy atom. The van der Waals surface area contributed by atoms with Crippen LogP contribution in [0, 0.1) is 11.8 Å². The molecule has 1 saturated carbocycles. The first-order chi connectivity index (χ1) is 18.7. The van der Waals surface area contributed by atoms with E-state index in [0.29, 0.717) is 37.5 Å². The SMILES string of the molecule is CC=CC=c1c(=C(C)CC)n(C2CCC(C)C(CS(=O)(=O)c3cccc(S(C)(=O)=O)c3)CC2)c(=O)n1CC(=O)O. The standard InChI is InChI=1S/C29H40N2O7S2/c1-6-8-12-26-28(20(3)7-2)31(29(34)30(26)18-27(32)33)23-15-13-21(4)22(14-16-23)19-40(37,38)25-11-9-10-24(17-25)39(5,35)36/h6,8-12,17,21-23H,7,13-16,18-19H2,1-5H3,(H,32,33). The van der Waals surface area contributed by atoms with Gasteiger partial charge in [0.15, 0.2) is 19.7 Å². The molecule has 9 nitrogen and oxygen atoms in total. The molecule has 0 radical (unpaired) electrons. The third-order valence-corrected chi connectivity index (χ3v) is 10.9. The van der Waals surface area contributed by atoms with E-state index >= 15 is 0 Å². The maximum absolute atomic E-state index is 13.7. The van der Waals surface area contributed by atoms with Crippen molar-refractivity contribution in [1.29, 1.82) is 0 Å². The van der Waals surface area contributed by atoms with Crippen molar-refractivity contribution >= 4 is 37.3 Å². The molecule has 11 heteroatoms. The van der Waals surface area contributed by atoms with Crippen molar-refractivity contribution in [2.45, 2.75) is 82.2 Å². The zero-order valence-corrected chi connectivity index (χ0v) is 25.5. The lowest BCUT2D eigenvalue weighted by atomic mass is 9.91. The number of benzene rings is 1. The summed E-state index contributed by atoms with van der Waals surface area (Å²) in [7, 11) is -7.30. The molecule has 40 heavy (non-hydrogen) atoms. The summed E-state index contributed by atoms with van der Waals surface area (Å²) in [5, 5.41) is 10.8. The number of allylic oxidation sites excluding steroid dienone is 2. The zero-order valence-electron chi connectivity index (χ0n) is 23.8. The van der Waals surface area contributed by atoms with Crippen LogP contribution in [0.4, 0.5) is 0 Å². The van der Waals surface area contributed by atoms with Crippen molar-refractivity contribution in [3.05, 3.63) is 57.6 Å². The van der Waals surface area contributed by atoms with E-state index < -0.39 is 32.2 Å². The maximum atomic E-state index is 13.7. The Morgan fingerprint density at radius 1 is 1.10 bits per heavy atom. The van der Waals surface area contributed by atoms with Crippen LogP contribution in [0.1, 0.15) is 65.8 Å². The van der Waals surface area contributed by atoms with Gasteiger partial charge in [0.1, 0.15) is 6.54 Å². The molecule has 0 saturated heterocycles. The third kappa shape index (κ3) is 7.04. The number of aromatic nitrogens is 2. The van der Waals surface area contributed by atoms with Gasteiger partial charge in [-0.3, -0.25) is 13.9 Å². The Bertz CT molecular complexity index is 1680. The van der Waals surface area contributed by atoms with Gasteiger partial charge < -0.3 is 5.11 Å². The number of carboxylic acids is 1. The first-order valence-corrected chi connectivity index (χ1v) is 17.1. The molecular weight excluding hydrogens is 552 g/mol. The smallest absolute Gasteiger partial charge is 0.329 e. The van der Waals surface area contributed by atoms with E-state index in [9.17, 15) is 31.5 Å². The molecule has 0 amide bonds. The second kappa shape index (κ2) is 12.7. The summed E-state index contributed by atoms with van der Waals surface area (Å²) in [5.74, 6) is -1.34. The van der Waals surface area contributed by atoms with E-state index in [4.69, 9.17) is 0 Å². The van der Waals surface area contributed by atoms with Crippen LogP contribution in [0.5, 0.6) is 0 Å². The molecular formula is C29H40N2O7S2. The summed E-state index contributed by atoms with van der Waals surface area (Å²) in [4.78, 5) is 25.3. The van der Waals surface area contributed by atoms with Gasteiger partial charge in [0.25, 0.3) is 0 Å². The van der Waals surface area contributed by atoms with E-state index in [0.717, 1.165) is 17.2 Å². The summed E-state index contributed by atoms with van der Waals surface area (Å²) in [6.07, 6.45) is 9.60. The van der Waals surface area contributed by atoms with E-state index in [1.54, 1.807) is 16.7 Å². The van der Waals surface area contributed by atoms with Gasteiger partial charge in [-0.05, 0) is 87.6 Å². The minimum atomic E-state index is -3.75. The first kappa shape index (κ1) is 31.6. The van der Waals surface area contributed by atoms with E-state index in [1.807, 2.05) is 33.8 Å². The number of carbonyl (C=O) groups is 1. The summed E-state index contributed by atoms with van der Waals surface area (Å²) >= 11 is 0. The molecule has 0 aliphatic heterocycles. The van der Waals surface area contributed by atoms with Gasteiger partial charge in [0, 0.05) is 12.3 Å². The fraction of sp³-hybridized carbons (Fsp3) is 0.517. The summed E-state index contributed by atoms with van der Waals surface area (Å²) in [5.41, 5.74) is 0.599. The van der Waals surface area contributed by atoms with E-state index in [2.05, 4.69) is 0 Å². The van der Waals surface area contributed by atoms with Crippen LogP contribution in [0.15, 0.2) is 51.0 Å². The molecule has 2 aromatic rings. The summed E-state index contributed by atoms with van der Waals surface area (Å²) in [6.45, 7) is 7.36. The molecule has 1 N–H and O–H groups in total. The van der Waals surface area contributed by atoms with Crippen LogP contribution in [0.3, 0.4) is 0 Å². The molecule has 1 aliphatic rings. The van der Waals surface area contributed by atoms with Crippen LogP contribution in [0.2, 0.25) is 0 Å². The number of hydrogen-bond donors (Lipinski definition) is 1. The summed E-state index contributed by atoms with van der Waals surface area (Å²) in [6, 6.07) is 5.27. The molecule has 1 aromatic carbocycles. The van der Waals surface area contributed by atoms with Gasteiger partial charge >= 0.3 is 11.7 Å². The summed E-state index contributed by atoms with van der Waals surface area (Å²) < 4.78 is 53.7. The van der Waals surface area contributed by atoms with Gasteiger partial charge in [-0.15, -0.1) is 0 Å². The minimum absolute atomic E-state index is 0.00926. The predicted octanol–water partition coefficient (Wildman–Crippen LogP) is 2.92. The number of aliphatic carboxylic acids is 1. The Hall–Kier alpha value is -2.92. The fourth-order valence-corrected chi connectivity index (χ4v) is 8.05. The van der Waals surface area contributed by atoms with Crippen LogP contribution in [0.25, 0.3) is 11.6 Å². The van der Waals surface area contributed by atoms with Crippen molar-refractivity contribution in [1.82, 2.24) is 9.13 Å². The Morgan fingerprint density at radius 3 is 2.35 bits per heavy atom. The van der Waals surface area contributed by atoms with E-state index in [-0.39, 0.29) is 39.1 Å². The number of nitrogens with zero attached hydrogens (tertiary/aromatic N) is 2. The van der Waals surface area contributed by atoms with Crippen LogP contribution in [-0.4, -0.2) is 49.1 Å². The first-order valence-electron chi connectivity index (χ1n) is 13.6. The van der Waals surface area contributed by atoms with E-state index in [1.165, 1.54) is 28.8 Å². The average Bonchev–Trinajstić information content (AvgIpc) is 3.02. The molecule has 3 unspecified atom stereocenters. The lowest BCUT2D eigenvalue weighted by Gasteiger charge is -2.21. The number of rotatable bonds is 9. The second-order valence-corrected chi connectivity index (χ2v) is 14.8. The molecule has 1 heterocycles. The van der Waals surface area contributed by atoms with Gasteiger partial charge in [-0.25, -0.2) is 21.6 Å². The van der Waals surface area contributed by atoms with Gasteiger partial charge in [-0.2, -0.15) is 0 Å². The normalized spacial score (nSPS) is 21.9. The van der Waals surface area contributed by atoms with Gasteiger partial charge in [0.05, 0.1) is 26.2 Å².